The molecular formula is C11H11N3. The fourth-order valence-electron chi connectivity index (χ4n) is 1.10. The fraction of sp³-hybridized carbons (Fsp3) is 0.273. The summed E-state index contributed by atoms with van der Waals surface area (Å²) in [5.41, 5.74) is 0.561. The first-order valence-electron chi connectivity index (χ1n) is 4.36. The van der Waals surface area contributed by atoms with Crippen LogP contribution in [0.2, 0.25) is 0 Å². The minimum absolute atomic E-state index is 0.537. The van der Waals surface area contributed by atoms with E-state index in [1.807, 2.05) is 17.9 Å². The maximum Gasteiger partial charge on any atom is 0.129 e. The minimum atomic E-state index is 0.537. The van der Waals surface area contributed by atoms with Crippen LogP contribution in [0.1, 0.15) is 12.5 Å². The van der Waals surface area contributed by atoms with Crippen LogP contribution in [0.4, 0.5) is 5.82 Å². The average molecular weight is 185 g/mol. The van der Waals surface area contributed by atoms with Crippen molar-refractivity contribution in [2.75, 3.05) is 18.0 Å². The van der Waals surface area contributed by atoms with E-state index < -0.39 is 0 Å². The number of nitrogens with zero attached hydrogens (tertiary/aromatic N) is 3. The Morgan fingerprint density at radius 1 is 1.57 bits per heavy atom. The third kappa shape index (κ3) is 2.24. The van der Waals surface area contributed by atoms with Crippen LogP contribution >= 0.6 is 0 Å². The van der Waals surface area contributed by atoms with Crippen molar-refractivity contribution in [1.29, 1.82) is 5.26 Å². The highest BCUT2D eigenvalue weighted by Crippen LogP contribution is 2.09. The standard InChI is InChI=1S/C11H11N3/c1-3-7-14(4-2)11-6-5-10(8-12)9-13-11/h1,5-6,9H,4,7H2,2H3. The summed E-state index contributed by atoms with van der Waals surface area (Å²) in [6.07, 6.45) is 6.78. The Balaban J connectivity index is 2.86. The van der Waals surface area contributed by atoms with Crippen molar-refractivity contribution < 1.29 is 0 Å². The van der Waals surface area contributed by atoms with E-state index >= 15 is 0 Å². The normalized spacial score (nSPS) is 8.79. The Kier molecular flexibility index (Phi) is 3.52. The van der Waals surface area contributed by atoms with E-state index in [0.29, 0.717) is 12.1 Å². The number of anilines is 1. The van der Waals surface area contributed by atoms with Crippen LogP contribution in [0.3, 0.4) is 0 Å². The number of pyridine rings is 1. The number of nitriles is 1. The molecule has 0 aliphatic carbocycles. The van der Waals surface area contributed by atoms with Gasteiger partial charge in [0.2, 0.25) is 0 Å². The van der Waals surface area contributed by atoms with E-state index in [4.69, 9.17) is 11.7 Å². The lowest BCUT2D eigenvalue weighted by molar-refractivity contribution is 0.893. The van der Waals surface area contributed by atoms with Gasteiger partial charge in [-0.05, 0) is 19.1 Å². The van der Waals surface area contributed by atoms with Crippen LogP contribution in [0.25, 0.3) is 0 Å². The third-order valence-corrected chi connectivity index (χ3v) is 1.86. The van der Waals surface area contributed by atoms with Crippen molar-refractivity contribution in [1.82, 2.24) is 4.98 Å². The van der Waals surface area contributed by atoms with E-state index in [1.165, 1.54) is 0 Å². The molecule has 14 heavy (non-hydrogen) atoms. The van der Waals surface area contributed by atoms with Crippen LogP contribution in [-0.4, -0.2) is 18.1 Å². The maximum atomic E-state index is 8.59. The van der Waals surface area contributed by atoms with Gasteiger partial charge in [0.15, 0.2) is 0 Å². The third-order valence-electron chi connectivity index (χ3n) is 1.86. The molecule has 0 aliphatic rings. The molecular weight excluding hydrogens is 174 g/mol. The maximum absolute atomic E-state index is 8.59. The van der Waals surface area contributed by atoms with E-state index in [9.17, 15) is 0 Å². The Labute approximate surface area is 84.0 Å². The average Bonchev–Trinajstić information content (AvgIpc) is 2.26. The molecule has 1 rings (SSSR count). The van der Waals surface area contributed by atoms with Gasteiger partial charge >= 0.3 is 0 Å². The van der Waals surface area contributed by atoms with Crippen LogP contribution in [0.5, 0.6) is 0 Å². The molecule has 0 bridgehead atoms. The van der Waals surface area contributed by atoms with Crippen LogP contribution in [-0.2, 0) is 0 Å². The number of aromatic nitrogens is 1. The van der Waals surface area contributed by atoms with E-state index in [0.717, 1.165) is 12.4 Å². The molecule has 1 heterocycles. The number of hydrogen-bond acceptors (Lipinski definition) is 3. The zero-order chi connectivity index (χ0) is 10.4. The van der Waals surface area contributed by atoms with Crippen molar-refractivity contribution in [3.05, 3.63) is 23.9 Å². The zero-order valence-corrected chi connectivity index (χ0v) is 8.07. The van der Waals surface area contributed by atoms with Crippen molar-refractivity contribution in [3.63, 3.8) is 0 Å². The summed E-state index contributed by atoms with van der Waals surface area (Å²) in [4.78, 5) is 6.11. The SMILES string of the molecule is C#CCN(CC)c1ccc(C#N)cn1. The molecule has 0 N–H and O–H groups in total. The second-order valence-electron chi connectivity index (χ2n) is 2.74. The fourth-order valence-corrected chi connectivity index (χ4v) is 1.10. The molecule has 0 fully saturated rings. The monoisotopic (exact) mass is 185 g/mol. The van der Waals surface area contributed by atoms with Crippen molar-refractivity contribution in [2.45, 2.75) is 6.92 Å². The molecule has 0 atom stereocenters. The predicted molar refractivity (Wildman–Crippen MR) is 55.7 cm³/mol. The highest BCUT2D eigenvalue weighted by molar-refractivity contribution is 5.42. The summed E-state index contributed by atoms with van der Waals surface area (Å²) in [7, 11) is 0. The molecule has 0 spiro atoms. The van der Waals surface area contributed by atoms with Gasteiger partial charge in [-0.1, -0.05) is 5.92 Å². The van der Waals surface area contributed by atoms with Crippen LogP contribution in [0.15, 0.2) is 18.3 Å². The van der Waals surface area contributed by atoms with Gasteiger partial charge in [0.25, 0.3) is 0 Å². The Morgan fingerprint density at radius 2 is 2.36 bits per heavy atom. The van der Waals surface area contributed by atoms with E-state index in [-0.39, 0.29) is 0 Å². The van der Waals surface area contributed by atoms with Gasteiger partial charge in [0, 0.05) is 12.7 Å². The summed E-state index contributed by atoms with van der Waals surface area (Å²) >= 11 is 0. The summed E-state index contributed by atoms with van der Waals surface area (Å²) in [5, 5.41) is 8.59. The quantitative estimate of drug-likeness (QED) is 0.668. The molecule has 0 saturated carbocycles. The topological polar surface area (TPSA) is 39.9 Å². The Morgan fingerprint density at radius 3 is 2.79 bits per heavy atom. The van der Waals surface area contributed by atoms with Gasteiger partial charge < -0.3 is 4.90 Å². The van der Waals surface area contributed by atoms with Crippen molar-refractivity contribution in [3.8, 4) is 18.4 Å². The smallest absolute Gasteiger partial charge is 0.129 e. The first-order valence-corrected chi connectivity index (χ1v) is 4.36. The molecule has 0 aliphatic heterocycles. The highest BCUT2D eigenvalue weighted by Gasteiger charge is 2.02. The number of hydrogen-bond donors (Lipinski definition) is 0. The lowest BCUT2D eigenvalue weighted by Crippen LogP contribution is -2.23. The summed E-state index contributed by atoms with van der Waals surface area (Å²) < 4.78 is 0. The second-order valence-corrected chi connectivity index (χ2v) is 2.74. The lowest BCUT2D eigenvalue weighted by atomic mass is 10.3. The lowest BCUT2D eigenvalue weighted by Gasteiger charge is -2.18. The highest BCUT2D eigenvalue weighted by atomic mass is 15.2. The molecule has 0 radical (unpaired) electrons. The molecule has 70 valence electrons. The summed E-state index contributed by atoms with van der Waals surface area (Å²) in [6, 6.07) is 5.56. The molecule has 1 aromatic rings. The van der Waals surface area contributed by atoms with Gasteiger partial charge in [0.1, 0.15) is 11.9 Å². The number of rotatable bonds is 3. The Bertz CT molecular complexity index is 367. The summed E-state index contributed by atoms with van der Waals surface area (Å²) in [5.74, 6) is 3.38. The van der Waals surface area contributed by atoms with E-state index in [2.05, 4.69) is 10.9 Å². The van der Waals surface area contributed by atoms with Crippen molar-refractivity contribution in [2.24, 2.45) is 0 Å². The molecule has 0 amide bonds. The molecule has 0 aromatic carbocycles. The van der Waals surface area contributed by atoms with Crippen LogP contribution < -0.4 is 4.90 Å². The molecule has 3 nitrogen and oxygen atoms in total. The van der Waals surface area contributed by atoms with Crippen molar-refractivity contribution >= 4 is 5.82 Å². The Hall–Kier alpha value is -2.00. The van der Waals surface area contributed by atoms with Gasteiger partial charge in [-0.2, -0.15) is 5.26 Å². The van der Waals surface area contributed by atoms with Crippen LogP contribution in [0, 0.1) is 23.7 Å². The number of terminal acetylenes is 1. The summed E-state index contributed by atoms with van der Waals surface area (Å²) in [6.45, 7) is 3.36. The van der Waals surface area contributed by atoms with Gasteiger partial charge in [-0.3, -0.25) is 0 Å². The van der Waals surface area contributed by atoms with Gasteiger partial charge in [0.05, 0.1) is 12.1 Å². The molecule has 0 unspecified atom stereocenters. The van der Waals surface area contributed by atoms with Gasteiger partial charge in [-0.15, -0.1) is 6.42 Å². The first kappa shape index (κ1) is 10.1. The zero-order valence-electron chi connectivity index (χ0n) is 8.07. The first-order chi connectivity index (χ1) is 6.81. The largest absolute Gasteiger partial charge is 0.346 e. The minimum Gasteiger partial charge on any atom is -0.346 e. The second kappa shape index (κ2) is 4.89. The van der Waals surface area contributed by atoms with E-state index in [1.54, 1.807) is 18.3 Å². The van der Waals surface area contributed by atoms with Gasteiger partial charge in [-0.25, -0.2) is 4.98 Å². The molecule has 1 aromatic heterocycles. The predicted octanol–water partition coefficient (Wildman–Crippen LogP) is 1.41. The molecule has 0 saturated heterocycles. The molecule has 3 heteroatoms.